The van der Waals surface area contributed by atoms with Crippen molar-refractivity contribution >= 4 is 40.2 Å². The molecule has 3 aromatic rings. The first-order chi connectivity index (χ1) is 16.8. The van der Waals surface area contributed by atoms with E-state index in [1.807, 2.05) is 43.3 Å². The number of anilines is 1. The van der Waals surface area contributed by atoms with E-state index in [0.29, 0.717) is 16.1 Å². The Hall–Kier alpha value is -3.98. The van der Waals surface area contributed by atoms with Gasteiger partial charge in [-0.15, -0.1) is 11.3 Å². The largest absolute Gasteiger partial charge is 0.462 e. The van der Waals surface area contributed by atoms with Crippen molar-refractivity contribution in [1.82, 2.24) is 10.2 Å². The van der Waals surface area contributed by atoms with E-state index >= 15 is 0 Å². The van der Waals surface area contributed by atoms with Crippen LogP contribution < -0.4 is 10.6 Å². The second-order valence-corrected chi connectivity index (χ2v) is 9.41. The minimum absolute atomic E-state index is 0.176. The molecule has 1 unspecified atom stereocenters. The fourth-order valence-electron chi connectivity index (χ4n) is 4.10. The molecule has 0 radical (unpaired) electrons. The quantitative estimate of drug-likeness (QED) is 0.379. The third-order valence-electron chi connectivity index (χ3n) is 5.81. The van der Waals surface area contributed by atoms with Crippen LogP contribution in [0.1, 0.15) is 34.6 Å². The maximum absolute atomic E-state index is 13.1. The molecule has 0 saturated carbocycles. The molecule has 9 heteroatoms. The number of aryl methyl sites for hydroxylation is 1. The van der Waals surface area contributed by atoms with Crippen LogP contribution in [0.25, 0.3) is 11.1 Å². The van der Waals surface area contributed by atoms with Crippen molar-refractivity contribution in [3.05, 3.63) is 76.7 Å². The third kappa shape index (κ3) is 4.54. The van der Waals surface area contributed by atoms with Gasteiger partial charge in [0.1, 0.15) is 22.6 Å². The van der Waals surface area contributed by atoms with E-state index in [-0.39, 0.29) is 12.2 Å². The Morgan fingerprint density at radius 2 is 1.69 bits per heavy atom. The van der Waals surface area contributed by atoms with Crippen LogP contribution >= 0.6 is 11.3 Å². The lowest BCUT2D eigenvalue weighted by Gasteiger charge is -2.22. The number of nitrogens with one attached hydrogen (secondary N) is 2. The van der Waals surface area contributed by atoms with Gasteiger partial charge in [0.15, 0.2) is 0 Å². The molecular formula is C26H25N3O5S. The normalized spacial score (nSPS) is 17.3. The number of hydrogen-bond donors (Lipinski definition) is 2. The van der Waals surface area contributed by atoms with Gasteiger partial charge in [-0.3, -0.25) is 14.5 Å². The number of esters is 1. The number of hydrogen-bond acceptors (Lipinski definition) is 6. The lowest BCUT2D eigenvalue weighted by Crippen LogP contribution is -2.42. The summed E-state index contributed by atoms with van der Waals surface area (Å²) in [5.41, 5.74) is 1.09. The summed E-state index contributed by atoms with van der Waals surface area (Å²) < 4.78 is 5.26. The topological polar surface area (TPSA) is 105 Å². The molecule has 0 spiro atoms. The van der Waals surface area contributed by atoms with Crippen LogP contribution in [0, 0.1) is 6.92 Å². The van der Waals surface area contributed by atoms with Crippen molar-refractivity contribution in [3.8, 4) is 11.1 Å². The molecule has 0 bridgehead atoms. The number of carbonyl (C=O) groups is 4. The second kappa shape index (κ2) is 9.71. The van der Waals surface area contributed by atoms with E-state index in [1.165, 1.54) is 11.3 Å². The van der Waals surface area contributed by atoms with Crippen LogP contribution in [0.3, 0.4) is 0 Å². The number of nitrogens with zero attached hydrogens (tertiary/aromatic N) is 1. The van der Waals surface area contributed by atoms with E-state index in [1.54, 1.807) is 38.1 Å². The smallest absolute Gasteiger partial charge is 0.341 e. The van der Waals surface area contributed by atoms with Crippen molar-refractivity contribution in [2.24, 2.45) is 0 Å². The number of carbonyl (C=O) groups excluding carboxylic acids is 4. The standard InChI is InChI=1S/C26H25N3O5S/c1-4-34-23(31)21-20(17-11-7-5-8-12-17)16(2)35-22(21)27-19(30)15-29-24(32)26(3,28-25(29)33)18-13-9-6-10-14-18/h5-14H,4,15H2,1-3H3,(H,27,30)(H,28,33). The van der Waals surface area contributed by atoms with Crippen LogP contribution in [0.15, 0.2) is 60.7 Å². The van der Waals surface area contributed by atoms with Crippen LogP contribution in [-0.2, 0) is 19.9 Å². The van der Waals surface area contributed by atoms with Gasteiger partial charge in [0.2, 0.25) is 5.91 Å². The van der Waals surface area contributed by atoms with Gasteiger partial charge in [0, 0.05) is 10.4 Å². The van der Waals surface area contributed by atoms with Crippen LogP contribution in [0.2, 0.25) is 0 Å². The lowest BCUT2D eigenvalue weighted by atomic mass is 9.92. The predicted molar refractivity (Wildman–Crippen MR) is 133 cm³/mol. The molecular weight excluding hydrogens is 466 g/mol. The first kappa shape index (κ1) is 24.2. The van der Waals surface area contributed by atoms with Crippen LogP contribution in [-0.4, -0.2) is 41.9 Å². The zero-order valence-corrected chi connectivity index (χ0v) is 20.4. The van der Waals surface area contributed by atoms with Crippen molar-refractivity contribution in [1.29, 1.82) is 0 Å². The zero-order chi connectivity index (χ0) is 25.2. The summed E-state index contributed by atoms with van der Waals surface area (Å²) in [6.07, 6.45) is 0. The fourth-order valence-corrected chi connectivity index (χ4v) is 5.18. The Balaban J connectivity index is 1.59. The van der Waals surface area contributed by atoms with E-state index in [0.717, 1.165) is 15.3 Å². The van der Waals surface area contributed by atoms with E-state index in [9.17, 15) is 19.2 Å². The number of imide groups is 1. The Morgan fingerprint density at radius 3 is 2.31 bits per heavy atom. The zero-order valence-electron chi connectivity index (χ0n) is 19.6. The molecule has 4 amide bonds. The van der Waals surface area contributed by atoms with Crippen molar-refractivity contribution in [2.45, 2.75) is 26.3 Å². The molecule has 180 valence electrons. The molecule has 1 aliphatic heterocycles. The summed E-state index contributed by atoms with van der Waals surface area (Å²) >= 11 is 1.24. The Morgan fingerprint density at radius 1 is 1.06 bits per heavy atom. The lowest BCUT2D eigenvalue weighted by molar-refractivity contribution is -0.133. The average Bonchev–Trinajstić information content (AvgIpc) is 3.28. The van der Waals surface area contributed by atoms with Crippen molar-refractivity contribution in [2.75, 3.05) is 18.5 Å². The molecule has 1 aromatic heterocycles. The van der Waals surface area contributed by atoms with Gasteiger partial charge >= 0.3 is 12.0 Å². The summed E-state index contributed by atoms with van der Waals surface area (Å²) in [5.74, 6) is -1.68. The SMILES string of the molecule is CCOC(=O)c1c(NC(=O)CN2C(=O)NC(C)(c3ccccc3)C2=O)sc(C)c1-c1ccccc1. The summed E-state index contributed by atoms with van der Waals surface area (Å²) in [5, 5.41) is 5.71. The van der Waals surface area contributed by atoms with E-state index < -0.39 is 35.9 Å². The second-order valence-electron chi connectivity index (χ2n) is 8.18. The van der Waals surface area contributed by atoms with Gasteiger partial charge < -0.3 is 15.4 Å². The van der Waals surface area contributed by atoms with E-state index in [4.69, 9.17) is 4.74 Å². The maximum Gasteiger partial charge on any atom is 0.341 e. The molecule has 1 fully saturated rings. The van der Waals surface area contributed by atoms with Gasteiger partial charge in [-0.25, -0.2) is 9.59 Å². The minimum atomic E-state index is -1.27. The highest BCUT2D eigenvalue weighted by Crippen LogP contribution is 2.40. The highest BCUT2D eigenvalue weighted by atomic mass is 32.1. The third-order valence-corrected chi connectivity index (χ3v) is 6.83. The first-order valence-electron chi connectivity index (χ1n) is 11.1. The summed E-state index contributed by atoms with van der Waals surface area (Å²) in [7, 11) is 0. The molecule has 8 nitrogen and oxygen atoms in total. The molecule has 1 atom stereocenters. The number of thiophene rings is 1. The van der Waals surface area contributed by atoms with Gasteiger partial charge in [-0.2, -0.15) is 0 Å². The molecule has 2 N–H and O–H groups in total. The monoisotopic (exact) mass is 491 g/mol. The summed E-state index contributed by atoms with van der Waals surface area (Å²) in [4.78, 5) is 53.2. The molecule has 2 heterocycles. The number of rotatable bonds is 7. The van der Waals surface area contributed by atoms with Gasteiger partial charge in [-0.1, -0.05) is 60.7 Å². The molecule has 4 rings (SSSR count). The number of urea groups is 1. The highest BCUT2D eigenvalue weighted by Gasteiger charge is 2.49. The Bertz CT molecular complexity index is 1290. The maximum atomic E-state index is 13.1. The predicted octanol–water partition coefficient (Wildman–Crippen LogP) is 4.31. The molecule has 1 aliphatic rings. The molecule has 35 heavy (non-hydrogen) atoms. The number of benzene rings is 2. The summed E-state index contributed by atoms with van der Waals surface area (Å²) in [6, 6.07) is 17.5. The van der Waals surface area contributed by atoms with Crippen molar-refractivity contribution < 1.29 is 23.9 Å². The molecule has 1 saturated heterocycles. The van der Waals surface area contributed by atoms with Crippen molar-refractivity contribution in [3.63, 3.8) is 0 Å². The van der Waals surface area contributed by atoms with Crippen LogP contribution in [0.4, 0.5) is 9.80 Å². The Kier molecular flexibility index (Phi) is 6.70. The number of ether oxygens (including phenoxy) is 1. The number of amides is 4. The molecule has 0 aliphatic carbocycles. The fraction of sp³-hybridized carbons (Fsp3) is 0.231. The van der Waals surface area contributed by atoms with Gasteiger partial charge in [-0.05, 0) is 31.9 Å². The minimum Gasteiger partial charge on any atom is -0.462 e. The van der Waals surface area contributed by atoms with Gasteiger partial charge in [0.05, 0.1) is 6.61 Å². The first-order valence-corrected chi connectivity index (χ1v) is 11.9. The highest BCUT2D eigenvalue weighted by molar-refractivity contribution is 7.17. The summed E-state index contributed by atoms with van der Waals surface area (Å²) in [6.45, 7) is 4.85. The Labute approximate surface area is 206 Å². The van der Waals surface area contributed by atoms with E-state index in [2.05, 4.69) is 10.6 Å². The van der Waals surface area contributed by atoms with Gasteiger partial charge in [0.25, 0.3) is 5.91 Å². The van der Waals surface area contributed by atoms with Crippen LogP contribution in [0.5, 0.6) is 0 Å². The average molecular weight is 492 g/mol. The molecule has 2 aromatic carbocycles.